The van der Waals surface area contributed by atoms with Gasteiger partial charge >= 0.3 is 0 Å². The van der Waals surface area contributed by atoms with Crippen LogP contribution < -0.4 is 10.9 Å². The van der Waals surface area contributed by atoms with Crippen LogP contribution in [0.4, 0.5) is 0 Å². The Hall–Kier alpha value is -0.610. The zero-order valence-electron chi connectivity index (χ0n) is 22.5. The Morgan fingerprint density at radius 2 is 0.938 bits per heavy atom. The van der Waals surface area contributed by atoms with Crippen molar-refractivity contribution >= 4 is 5.91 Å². The minimum absolute atomic E-state index is 0.135. The maximum Gasteiger partial charge on any atom is 0.254 e. The predicted molar refractivity (Wildman–Crippen MR) is 141 cm³/mol. The average molecular weight is 454 g/mol. The summed E-state index contributed by atoms with van der Waals surface area (Å²) in [6.45, 7) is 10.5. The van der Waals surface area contributed by atoms with Gasteiger partial charge in [0.25, 0.3) is 5.91 Å². The van der Waals surface area contributed by atoms with E-state index in [-0.39, 0.29) is 11.8 Å². The number of nitrogens with one attached hydrogen (secondary N) is 2. The Labute approximate surface area is 202 Å². The van der Waals surface area contributed by atoms with Crippen molar-refractivity contribution in [2.45, 2.75) is 156 Å². The Balaban J connectivity index is 3.86. The smallest absolute Gasteiger partial charge is 0.254 e. The number of unbranched alkanes of at least 4 members (excludes halogenated alkanes) is 15. The third kappa shape index (κ3) is 18.9. The van der Waals surface area contributed by atoms with Crippen LogP contribution in [-0.4, -0.2) is 24.1 Å². The van der Waals surface area contributed by atoms with E-state index in [9.17, 15) is 4.79 Å². The van der Waals surface area contributed by atoms with Gasteiger partial charge in [0.2, 0.25) is 0 Å². The van der Waals surface area contributed by atoms with Crippen LogP contribution in [0.2, 0.25) is 0 Å². The van der Waals surface area contributed by atoms with Gasteiger partial charge in [0.15, 0.2) is 0 Å². The molecule has 0 spiro atoms. The highest BCUT2D eigenvalue weighted by molar-refractivity contribution is 5.77. The molecule has 0 saturated carbocycles. The van der Waals surface area contributed by atoms with E-state index < -0.39 is 0 Å². The molecule has 0 aliphatic carbocycles. The Kier molecular flexibility index (Phi) is 24.5. The summed E-state index contributed by atoms with van der Waals surface area (Å²) in [4.78, 5) is 13.0. The number of hydrogen-bond donors (Lipinski definition) is 2. The van der Waals surface area contributed by atoms with Crippen molar-refractivity contribution in [2.75, 3.05) is 13.1 Å². The molecule has 0 saturated heterocycles. The number of carbonyl (C=O) groups excluding carboxylic acids is 1. The minimum atomic E-state index is 0.135. The second kappa shape index (κ2) is 25.0. The summed E-state index contributed by atoms with van der Waals surface area (Å²) >= 11 is 0. The van der Waals surface area contributed by atoms with E-state index in [2.05, 4.69) is 38.5 Å². The van der Waals surface area contributed by atoms with E-state index in [4.69, 9.17) is 0 Å². The lowest BCUT2D eigenvalue weighted by Gasteiger charge is -2.28. The molecule has 1 unspecified atom stereocenters. The van der Waals surface area contributed by atoms with Gasteiger partial charge in [-0.2, -0.15) is 0 Å². The summed E-state index contributed by atoms with van der Waals surface area (Å²) in [5.74, 6) is 0.366. The fraction of sp³-hybridized carbons (Fsp3) is 0.964. The molecule has 2 N–H and O–H groups in total. The largest absolute Gasteiger partial charge is 0.272 e. The van der Waals surface area contributed by atoms with Crippen molar-refractivity contribution in [3.63, 3.8) is 0 Å². The van der Waals surface area contributed by atoms with Gasteiger partial charge in [-0.1, -0.05) is 130 Å². The van der Waals surface area contributed by atoms with Crippen LogP contribution in [-0.2, 0) is 4.79 Å². The van der Waals surface area contributed by atoms with Crippen molar-refractivity contribution in [1.82, 2.24) is 16.0 Å². The van der Waals surface area contributed by atoms with Crippen LogP contribution in [0.1, 0.15) is 156 Å². The molecule has 0 aliphatic heterocycles. The van der Waals surface area contributed by atoms with Crippen LogP contribution in [0.5, 0.6) is 0 Å². The van der Waals surface area contributed by atoms with Gasteiger partial charge in [-0.05, 0) is 25.7 Å². The molecule has 0 heterocycles. The first-order chi connectivity index (χ1) is 15.7. The van der Waals surface area contributed by atoms with Crippen LogP contribution >= 0.6 is 0 Å². The standard InChI is InChI=1S/C28H59N3O/c1-5-9-12-13-14-15-16-17-18-19-20-21-22-23-24-27(8-4)28(32)31(29-25-10-6-2)30-26-11-7-3/h27,29-30H,5-26H2,1-4H3. The van der Waals surface area contributed by atoms with Crippen LogP contribution in [0, 0.1) is 5.92 Å². The van der Waals surface area contributed by atoms with Crippen LogP contribution in [0.15, 0.2) is 0 Å². The van der Waals surface area contributed by atoms with Crippen molar-refractivity contribution in [3.8, 4) is 0 Å². The summed E-state index contributed by atoms with van der Waals surface area (Å²) in [5, 5.41) is 1.71. The van der Waals surface area contributed by atoms with Gasteiger partial charge < -0.3 is 0 Å². The third-order valence-electron chi connectivity index (χ3n) is 6.57. The van der Waals surface area contributed by atoms with Crippen LogP contribution in [0.25, 0.3) is 0 Å². The normalized spacial score (nSPS) is 12.2. The molecule has 1 amide bonds. The highest BCUT2D eigenvalue weighted by Crippen LogP contribution is 2.18. The van der Waals surface area contributed by atoms with E-state index >= 15 is 0 Å². The maximum absolute atomic E-state index is 13.0. The van der Waals surface area contributed by atoms with Crippen molar-refractivity contribution in [2.24, 2.45) is 5.92 Å². The first-order valence-electron chi connectivity index (χ1n) is 14.5. The molecular weight excluding hydrogens is 394 g/mol. The number of nitrogens with zero attached hydrogens (tertiary/aromatic N) is 1. The molecule has 1 atom stereocenters. The van der Waals surface area contributed by atoms with Gasteiger partial charge in [0.05, 0.1) is 0 Å². The van der Waals surface area contributed by atoms with E-state index in [0.717, 1.165) is 51.6 Å². The zero-order valence-corrected chi connectivity index (χ0v) is 22.5. The predicted octanol–water partition coefficient (Wildman–Crippen LogP) is 8.32. The Morgan fingerprint density at radius 3 is 1.31 bits per heavy atom. The van der Waals surface area contributed by atoms with Crippen molar-refractivity contribution < 1.29 is 4.79 Å². The lowest BCUT2D eigenvalue weighted by atomic mass is 9.97. The topological polar surface area (TPSA) is 44.4 Å². The molecule has 0 aliphatic rings. The average Bonchev–Trinajstić information content (AvgIpc) is 2.80. The number of hydrazine groups is 2. The molecule has 0 aromatic carbocycles. The summed E-state index contributed by atoms with van der Waals surface area (Å²) in [5.41, 5.74) is 6.64. The van der Waals surface area contributed by atoms with Gasteiger partial charge in [0, 0.05) is 19.0 Å². The van der Waals surface area contributed by atoms with Gasteiger partial charge in [-0.3, -0.25) is 4.79 Å². The lowest BCUT2D eigenvalue weighted by molar-refractivity contribution is -0.143. The van der Waals surface area contributed by atoms with Gasteiger partial charge in [-0.25, -0.2) is 16.0 Å². The number of carbonyl (C=O) groups is 1. The van der Waals surface area contributed by atoms with Gasteiger partial charge in [0.1, 0.15) is 0 Å². The molecule has 0 bridgehead atoms. The molecule has 0 aromatic heterocycles. The molecule has 4 heteroatoms. The molecule has 0 fully saturated rings. The first kappa shape index (κ1) is 31.4. The van der Waals surface area contributed by atoms with E-state index in [1.165, 1.54) is 89.9 Å². The second-order valence-electron chi connectivity index (χ2n) is 9.69. The summed E-state index contributed by atoms with van der Waals surface area (Å²) < 4.78 is 0. The van der Waals surface area contributed by atoms with E-state index in [1.54, 1.807) is 5.12 Å². The fourth-order valence-electron chi connectivity index (χ4n) is 4.22. The van der Waals surface area contributed by atoms with Crippen LogP contribution in [0.3, 0.4) is 0 Å². The summed E-state index contributed by atoms with van der Waals surface area (Å²) in [6.07, 6.45) is 25.7. The molecule has 0 rings (SSSR count). The monoisotopic (exact) mass is 453 g/mol. The first-order valence-corrected chi connectivity index (χ1v) is 14.5. The summed E-state index contributed by atoms with van der Waals surface area (Å²) in [7, 11) is 0. The minimum Gasteiger partial charge on any atom is -0.272 e. The van der Waals surface area contributed by atoms with E-state index in [0.29, 0.717) is 0 Å². The number of rotatable bonds is 25. The zero-order chi connectivity index (χ0) is 23.7. The molecule has 0 radical (unpaired) electrons. The Morgan fingerprint density at radius 1 is 0.562 bits per heavy atom. The molecule has 32 heavy (non-hydrogen) atoms. The van der Waals surface area contributed by atoms with E-state index in [1.807, 2.05) is 0 Å². The lowest BCUT2D eigenvalue weighted by Crippen LogP contribution is -2.54. The highest BCUT2D eigenvalue weighted by atomic mass is 16.2. The second-order valence-corrected chi connectivity index (χ2v) is 9.69. The molecule has 192 valence electrons. The molecular formula is C28H59N3O. The van der Waals surface area contributed by atoms with Crippen molar-refractivity contribution in [1.29, 1.82) is 0 Å². The summed E-state index contributed by atoms with van der Waals surface area (Å²) in [6, 6.07) is 0. The van der Waals surface area contributed by atoms with Gasteiger partial charge in [-0.15, -0.1) is 0 Å². The maximum atomic E-state index is 13.0. The molecule has 4 nitrogen and oxygen atoms in total. The van der Waals surface area contributed by atoms with Crippen molar-refractivity contribution in [3.05, 3.63) is 0 Å². The fourth-order valence-corrected chi connectivity index (χ4v) is 4.22. The third-order valence-corrected chi connectivity index (χ3v) is 6.57. The quantitative estimate of drug-likeness (QED) is 0.108. The number of amides is 1. The molecule has 0 aromatic rings. The SMILES string of the molecule is CCCCCCCCCCCCCCCCC(CC)C(=O)N(NCCCC)NCCCC. The number of hydrogen-bond acceptors (Lipinski definition) is 3. The Bertz CT molecular complexity index is 379. The highest BCUT2D eigenvalue weighted by Gasteiger charge is 2.22.